The lowest BCUT2D eigenvalue weighted by atomic mass is 10.3. The summed E-state index contributed by atoms with van der Waals surface area (Å²) in [6.07, 6.45) is 0. The molecule has 0 saturated carbocycles. The van der Waals surface area contributed by atoms with Crippen molar-refractivity contribution in [3.63, 3.8) is 0 Å². The van der Waals surface area contributed by atoms with Gasteiger partial charge in [-0.25, -0.2) is 8.42 Å². The molecule has 9 heteroatoms. The van der Waals surface area contributed by atoms with Gasteiger partial charge in [0.1, 0.15) is 0 Å². The van der Waals surface area contributed by atoms with Crippen molar-refractivity contribution >= 4 is 44.6 Å². The van der Waals surface area contributed by atoms with Gasteiger partial charge in [0.2, 0.25) is 0 Å². The van der Waals surface area contributed by atoms with Crippen LogP contribution in [0.15, 0.2) is 47.4 Å². The summed E-state index contributed by atoms with van der Waals surface area (Å²) in [7, 11) is -3.91. The topological polar surface area (TPSA) is 89.3 Å². The predicted octanol–water partition coefficient (Wildman–Crippen LogP) is 3.70. The molecular weight excluding hydrogens is 339 g/mol. The van der Waals surface area contributed by atoms with Crippen LogP contribution < -0.4 is 4.72 Å². The number of anilines is 1. The minimum Gasteiger partial charge on any atom is -0.278 e. The second-order valence-electron chi connectivity index (χ2n) is 3.96. The molecule has 0 aliphatic rings. The van der Waals surface area contributed by atoms with Crippen LogP contribution in [0.2, 0.25) is 10.0 Å². The van der Waals surface area contributed by atoms with E-state index in [4.69, 9.17) is 23.2 Å². The Hall–Kier alpha value is -1.83. The molecular formula is C12H8Cl2N2O4S. The maximum absolute atomic E-state index is 12.2. The Balaban J connectivity index is 2.34. The zero-order valence-electron chi connectivity index (χ0n) is 10.3. The van der Waals surface area contributed by atoms with Crippen LogP contribution >= 0.6 is 23.2 Å². The van der Waals surface area contributed by atoms with Gasteiger partial charge in [-0.3, -0.25) is 14.8 Å². The van der Waals surface area contributed by atoms with Crippen LogP contribution in [0.3, 0.4) is 0 Å². The van der Waals surface area contributed by atoms with Crippen LogP contribution in [0, 0.1) is 10.1 Å². The lowest BCUT2D eigenvalue weighted by molar-refractivity contribution is -0.384. The molecule has 0 heterocycles. The van der Waals surface area contributed by atoms with E-state index in [1.807, 2.05) is 0 Å². The Bertz CT molecular complexity index is 791. The average molecular weight is 347 g/mol. The highest BCUT2D eigenvalue weighted by Gasteiger charge is 2.17. The number of nitro benzene ring substituents is 1. The Kier molecular flexibility index (Phi) is 4.36. The summed E-state index contributed by atoms with van der Waals surface area (Å²) in [6, 6.07) is 9.01. The highest BCUT2D eigenvalue weighted by atomic mass is 35.5. The van der Waals surface area contributed by atoms with Gasteiger partial charge in [0, 0.05) is 12.1 Å². The third-order valence-electron chi connectivity index (χ3n) is 2.55. The van der Waals surface area contributed by atoms with Crippen LogP contribution in [0.5, 0.6) is 0 Å². The maximum atomic E-state index is 12.2. The molecule has 0 bridgehead atoms. The molecule has 2 aromatic carbocycles. The quantitative estimate of drug-likeness (QED) is 0.674. The van der Waals surface area contributed by atoms with Gasteiger partial charge in [-0.1, -0.05) is 29.3 Å². The Morgan fingerprint density at radius 1 is 1.05 bits per heavy atom. The van der Waals surface area contributed by atoms with Crippen molar-refractivity contribution in [1.29, 1.82) is 0 Å². The summed E-state index contributed by atoms with van der Waals surface area (Å²) in [5.74, 6) is 0. The predicted molar refractivity (Wildman–Crippen MR) is 80.4 cm³/mol. The van der Waals surface area contributed by atoms with Gasteiger partial charge in [-0.15, -0.1) is 0 Å². The van der Waals surface area contributed by atoms with Crippen molar-refractivity contribution in [2.75, 3.05) is 4.72 Å². The molecule has 6 nitrogen and oxygen atoms in total. The molecule has 21 heavy (non-hydrogen) atoms. The van der Waals surface area contributed by atoms with E-state index in [1.54, 1.807) is 6.07 Å². The first-order valence-corrected chi connectivity index (χ1v) is 7.76. The van der Waals surface area contributed by atoms with Crippen molar-refractivity contribution in [3.8, 4) is 0 Å². The molecule has 0 fully saturated rings. The Morgan fingerprint density at radius 2 is 1.67 bits per heavy atom. The van der Waals surface area contributed by atoms with Gasteiger partial charge in [0.05, 0.1) is 25.6 Å². The van der Waals surface area contributed by atoms with Gasteiger partial charge in [0.15, 0.2) is 0 Å². The summed E-state index contributed by atoms with van der Waals surface area (Å²) < 4.78 is 26.6. The fraction of sp³-hybridized carbons (Fsp3) is 0. The molecule has 0 radical (unpaired) electrons. The third kappa shape index (κ3) is 3.44. The van der Waals surface area contributed by atoms with E-state index in [0.717, 1.165) is 24.3 Å². The molecule has 0 unspecified atom stereocenters. The number of nitrogens with one attached hydrogen (secondary N) is 1. The minimum absolute atomic E-state index is 0.0738. The lowest BCUT2D eigenvalue weighted by Crippen LogP contribution is -2.13. The first kappa shape index (κ1) is 15.6. The van der Waals surface area contributed by atoms with Crippen molar-refractivity contribution in [3.05, 3.63) is 62.6 Å². The number of halogens is 2. The third-order valence-corrected chi connectivity index (χ3v) is 4.75. The van der Waals surface area contributed by atoms with Gasteiger partial charge >= 0.3 is 0 Å². The van der Waals surface area contributed by atoms with Gasteiger partial charge in [-0.05, 0) is 24.3 Å². The highest BCUT2D eigenvalue weighted by molar-refractivity contribution is 7.92. The number of hydrogen-bond donors (Lipinski definition) is 1. The summed E-state index contributed by atoms with van der Waals surface area (Å²) in [5, 5.41) is 10.8. The number of non-ortho nitro benzene ring substituents is 1. The molecule has 0 spiro atoms. The van der Waals surface area contributed by atoms with Crippen molar-refractivity contribution < 1.29 is 13.3 Å². The molecule has 110 valence electrons. The van der Waals surface area contributed by atoms with E-state index < -0.39 is 14.9 Å². The Morgan fingerprint density at radius 3 is 2.24 bits per heavy atom. The smallest absolute Gasteiger partial charge is 0.269 e. The lowest BCUT2D eigenvalue weighted by Gasteiger charge is -2.10. The zero-order chi connectivity index (χ0) is 15.6. The summed E-state index contributed by atoms with van der Waals surface area (Å²) in [6.45, 7) is 0. The largest absolute Gasteiger partial charge is 0.278 e. The first-order chi connectivity index (χ1) is 9.81. The summed E-state index contributed by atoms with van der Waals surface area (Å²) >= 11 is 11.7. The highest BCUT2D eigenvalue weighted by Crippen LogP contribution is 2.31. The standard InChI is InChI=1S/C12H8Cl2N2O4S/c13-10-2-1-3-11(12(10)14)15-21(19,20)9-6-4-8(5-7-9)16(17)18/h1-7,15H. The van der Waals surface area contributed by atoms with E-state index in [9.17, 15) is 18.5 Å². The fourth-order valence-corrected chi connectivity index (χ4v) is 3.01. The number of benzene rings is 2. The van der Waals surface area contributed by atoms with E-state index >= 15 is 0 Å². The summed E-state index contributed by atoms with van der Waals surface area (Å²) in [4.78, 5) is 9.81. The molecule has 0 aliphatic carbocycles. The molecule has 0 amide bonds. The van der Waals surface area contributed by atoms with Gasteiger partial charge < -0.3 is 0 Å². The van der Waals surface area contributed by atoms with Crippen LogP contribution in [0.25, 0.3) is 0 Å². The number of sulfonamides is 1. The van der Waals surface area contributed by atoms with E-state index in [-0.39, 0.29) is 26.3 Å². The van der Waals surface area contributed by atoms with Crippen molar-refractivity contribution in [2.45, 2.75) is 4.90 Å². The second-order valence-corrected chi connectivity index (χ2v) is 6.43. The minimum atomic E-state index is -3.91. The second kappa shape index (κ2) is 5.88. The Labute approximate surface area is 130 Å². The van der Waals surface area contributed by atoms with Crippen LogP contribution in [0.1, 0.15) is 0 Å². The number of nitro groups is 1. The normalized spacial score (nSPS) is 11.1. The molecule has 0 aromatic heterocycles. The van der Waals surface area contributed by atoms with E-state index in [2.05, 4.69) is 4.72 Å². The van der Waals surface area contributed by atoms with Gasteiger partial charge in [-0.2, -0.15) is 0 Å². The molecule has 0 saturated heterocycles. The zero-order valence-corrected chi connectivity index (χ0v) is 12.6. The maximum Gasteiger partial charge on any atom is 0.269 e. The van der Waals surface area contributed by atoms with Crippen molar-refractivity contribution in [2.24, 2.45) is 0 Å². The molecule has 2 rings (SSSR count). The number of nitrogens with zero attached hydrogens (tertiary/aromatic N) is 1. The molecule has 2 aromatic rings. The SMILES string of the molecule is O=[N+]([O-])c1ccc(S(=O)(=O)Nc2cccc(Cl)c2Cl)cc1. The molecule has 1 N–H and O–H groups in total. The number of rotatable bonds is 4. The van der Waals surface area contributed by atoms with Gasteiger partial charge in [0.25, 0.3) is 15.7 Å². The summed E-state index contributed by atoms with van der Waals surface area (Å²) in [5.41, 5.74) is -0.0720. The van der Waals surface area contributed by atoms with Crippen molar-refractivity contribution in [1.82, 2.24) is 0 Å². The monoisotopic (exact) mass is 346 g/mol. The van der Waals surface area contributed by atoms with Crippen LogP contribution in [-0.2, 0) is 10.0 Å². The van der Waals surface area contributed by atoms with Crippen LogP contribution in [-0.4, -0.2) is 13.3 Å². The van der Waals surface area contributed by atoms with E-state index in [0.29, 0.717) is 0 Å². The molecule has 0 atom stereocenters. The first-order valence-electron chi connectivity index (χ1n) is 5.52. The van der Waals surface area contributed by atoms with Crippen LogP contribution in [0.4, 0.5) is 11.4 Å². The number of hydrogen-bond acceptors (Lipinski definition) is 4. The average Bonchev–Trinajstić information content (AvgIpc) is 2.44. The fourth-order valence-electron chi connectivity index (χ4n) is 1.53. The van der Waals surface area contributed by atoms with E-state index in [1.165, 1.54) is 12.1 Å². The molecule has 0 aliphatic heterocycles.